The van der Waals surface area contributed by atoms with Crippen LogP contribution in [0.4, 0.5) is 5.69 Å². The normalized spacial score (nSPS) is 17.5. The van der Waals surface area contributed by atoms with E-state index in [9.17, 15) is 4.79 Å². The second-order valence-electron chi connectivity index (χ2n) is 4.56. The number of thiazole rings is 1. The number of hydrogen-bond acceptors (Lipinski definition) is 4. The molecule has 1 aliphatic rings. The van der Waals surface area contributed by atoms with Crippen molar-refractivity contribution in [3.8, 4) is 10.6 Å². The molecule has 106 valence electrons. The van der Waals surface area contributed by atoms with E-state index >= 15 is 0 Å². The van der Waals surface area contributed by atoms with Gasteiger partial charge in [0.15, 0.2) is 0 Å². The third-order valence-corrected chi connectivity index (χ3v) is 4.01. The van der Waals surface area contributed by atoms with E-state index < -0.39 is 0 Å². The lowest BCUT2D eigenvalue weighted by atomic mass is 10.2. The van der Waals surface area contributed by atoms with Crippen molar-refractivity contribution in [2.75, 3.05) is 11.9 Å². The standard InChI is InChI=1S/C14H15N3OS.ClH/c18-13(12-5-2-6-15-12)17-11-4-1-3-10(9-11)14-16-7-8-19-14;/h1,3-4,7-9,12,15H,2,5-6H2,(H,17,18);1H. The molecule has 1 fully saturated rings. The third kappa shape index (κ3) is 3.36. The topological polar surface area (TPSA) is 54.0 Å². The molecule has 0 bridgehead atoms. The fourth-order valence-corrected chi connectivity index (χ4v) is 2.87. The number of halogens is 1. The summed E-state index contributed by atoms with van der Waals surface area (Å²) in [7, 11) is 0. The summed E-state index contributed by atoms with van der Waals surface area (Å²) in [6, 6.07) is 7.76. The quantitative estimate of drug-likeness (QED) is 0.916. The van der Waals surface area contributed by atoms with Crippen LogP contribution in [0.2, 0.25) is 0 Å². The highest BCUT2D eigenvalue weighted by molar-refractivity contribution is 7.13. The van der Waals surface area contributed by atoms with Crippen LogP contribution in [0.1, 0.15) is 12.8 Å². The molecule has 6 heteroatoms. The number of aromatic nitrogens is 1. The molecule has 20 heavy (non-hydrogen) atoms. The van der Waals surface area contributed by atoms with E-state index in [0.717, 1.165) is 35.6 Å². The molecule has 3 rings (SSSR count). The lowest BCUT2D eigenvalue weighted by molar-refractivity contribution is -0.117. The summed E-state index contributed by atoms with van der Waals surface area (Å²) in [5.41, 5.74) is 1.86. The van der Waals surface area contributed by atoms with Crippen molar-refractivity contribution in [3.63, 3.8) is 0 Å². The number of rotatable bonds is 3. The van der Waals surface area contributed by atoms with Gasteiger partial charge in [-0.3, -0.25) is 4.79 Å². The molecule has 2 aromatic rings. The third-order valence-electron chi connectivity index (χ3n) is 3.19. The molecular formula is C14H16ClN3OS. The number of nitrogens with zero attached hydrogens (tertiary/aromatic N) is 1. The number of carbonyl (C=O) groups is 1. The highest BCUT2D eigenvalue weighted by Crippen LogP contribution is 2.24. The van der Waals surface area contributed by atoms with Gasteiger partial charge in [-0.1, -0.05) is 12.1 Å². The van der Waals surface area contributed by atoms with Gasteiger partial charge in [-0.15, -0.1) is 23.7 Å². The molecule has 1 atom stereocenters. The van der Waals surface area contributed by atoms with Gasteiger partial charge >= 0.3 is 0 Å². The summed E-state index contributed by atoms with van der Waals surface area (Å²) in [6.45, 7) is 0.928. The zero-order chi connectivity index (χ0) is 13.1. The van der Waals surface area contributed by atoms with E-state index in [4.69, 9.17) is 0 Å². The van der Waals surface area contributed by atoms with Crippen molar-refractivity contribution in [1.82, 2.24) is 10.3 Å². The van der Waals surface area contributed by atoms with Crippen molar-refractivity contribution in [1.29, 1.82) is 0 Å². The molecule has 1 aromatic carbocycles. The summed E-state index contributed by atoms with van der Waals surface area (Å²) < 4.78 is 0. The first-order valence-corrected chi connectivity index (χ1v) is 7.25. The van der Waals surface area contributed by atoms with Gasteiger partial charge in [0, 0.05) is 22.8 Å². The maximum atomic E-state index is 12.0. The van der Waals surface area contributed by atoms with Crippen LogP contribution in [0.5, 0.6) is 0 Å². The molecule has 0 saturated carbocycles. The van der Waals surface area contributed by atoms with E-state index in [0.29, 0.717) is 0 Å². The predicted molar refractivity (Wildman–Crippen MR) is 84.5 cm³/mol. The number of nitrogens with one attached hydrogen (secondary N) is 2. The minimum Gasteiger partial charge on any atom is -0.325 e. The second kappa shape index (κ2) is 6.83. The average molecular weight is 310 g/mol. The highest BCUT2D eigenvalue weighted by atomic mass is 35.5. The summed E-state index contributed by atoms with van der Waals surface area (Å²) in [4.78, 5) is 16.3. The van der Waals surface area contributed by atoms with Crippen LogP contribution in [0.15, 0.2) is 35.8 Å². The number of amides is 1. The van der Waals surface area contributed by atoms with Gasteiger partial charge < -0.3 is 10.6 Å². The maximum Gasteiger partial charge on any atom is 0.241 e. The molecule has 1 amide bonds. The molecule has 0 spiro atoms. The van der Waals surface area contributed by atoms with Crippen molar-refractivity contribution in [3.05, 3.63) is 35.8 Å². The predicted octanol–water partition coefficient (Wildman–Crippen LogP) is 2.92. The van der Waals surface area contributed by atoms with Gasteiger partial charge in [0.25, 0.3) is 0 Å². The number of hydrogen-bond donors (Lipinski definition) is 2. The Bertz CT molecular complexity index is 568. The largest absolute Gasteiger partial charge is 0.325 e. The Hall–Kier alpha value is -1.43. The minimum atomic E-state index is -0.0523. The molecule has 1 aromatic heterocycles. The highest BCUT2D eigenvalue weighted by Gasteiger charge is 2.21. The fourth-order valence-electron chi connectivity index (χ4n) is 2.23. The van der Waals surface area contributed by atoms with Crippen molar-refractivity contribution in [2.24, 2.45) is 0 Å². The van der Waals surface area contributed by atoms with Gasteiger partial charge in [0.05, 0.1) is 6.04 Å². The minimum absolute atomic E-state index is 0. The Morgan fingerprint density at radius 1 is 1.45 bits per heavy atom. The Labute approximate surface area is 128 Å². The van der Waals surface area contributed by atoms with Crippen LogP contribution < -0.4 is 10.6 Å². The van der Waals surface area contributed by atoms with Crippen LogP contribution in [0.25, 0.3) is 10.6 Å². The smallest absolute Gasteiger partial charge is 0.241 e. The summed E-state index contributed by atoms with van der Waals surface area (Å²) in [6.07, 6.45) is 3.77. The monoisotopic (exact) mass is 309 g/mol. The van der Waals surface area contributed by atoms with Crippen LogP contribution in [0, 0.1) is 0 Å². The SMILES string of the molecule is Cl.O=C(Nc1cccc(-c2nccs2)c1)C1CCCN1. The van der Waals surface area contributed by atoms with Crippen molar-refractivity contribution < 1.29 is 4.79 Å². The van der Waals surface area contributed by atoms with Gasteiger partial charge in [0.2, 0.25) is 5.91 Å². The van der Waals surface area contributed by atoms with E-state index in [2.05, 4.69) is 15.6 Å². The van der Waals surface area contributed by atoms with Crippen LogP contribution in [0.3, 0.4) is 0 Å². The molecule has 0 radical (unpaired) electrons. The second-order valence-corrected chi connectivity index (χ2v) is 5.45. The fraction of sp³-hybridized carbons (Fsp3) is 0.286. The zero-order valence-electron chi connectivity index (χ0n) is 10.8. The lowest BCUT2D eigenvalue weighted by Crippen LogP contribution is -2.35. The molecular weight excluding hydrogens is 294 g/mol. The average Bonchev–Trinajstić information content (AvgIpc) is 3.13. The van der Waals surface area contributed by atoms with E-state index in [1.54, 1.807) is 17.5 Å². The Morgan fingerprint density at radius 2 is 2.35 bits per heavy atom. The first-order valence-electron chi connectivity index (χ1n) is 6.37. The molecule has 1 unspecified atom stereocenters. The number of carbonyl (C=O) groups excluding carboxylic acids is 1. The molecule has 4 nitrogen and oxygen atoms in total. The Balaban J connectivity index is 0.00000147. The number of anilines is 1. The van der Waals surface area contributed by atoms with Crippen molar-refractivity contribution >= 4 is 35.3 Å². The first-order chi connectivity index (χ1) is 9.33. The number of benzene rings is 1. The Morgan fingerprint density at radius 3 is 3.05 bits per heavy atom. The summed E-state index contributed by atoms with van der Waals surface area (Å²) in [5.74, 6) is 0.0498. The van der Waals surface area contributed by atoms with Crippen LogP contribution in [-0.4, -0.2) is 23.5 Å². The van der Waals surface area contributed by atoms with Gasteiger partial charge in [-0.25, -0.2) is 4.98 Å². The summed E-state index contributed by atoms with van der Waals surface area (Å²) >= 11 is 1.59. The van der Waals surface area contributed by atoms with Gasteiger partial charge in [0.1, 0.15) is 5.01 Å². The van der Waals surface area contributed by atoms with E-state index in [-0.39, 0.29) is 24.4 Å². The molecule has 0 aliphatic carbocycles. The first kappa shape index (κ1) is 15.0. The zero-order valence-corrected chi connectivity index (χ0v) is 12.5. The molecule has 2 N–H and O–H groups in total. The van der Waals surface area contributed by atoms with Crippen LogP contribution >= 0.6 is 23.7 Å². The molecule has 1 saturated heterocycles. The van der Waals surface area contributed by atoms with Gasteiger partial charge in [-0.05, 0) is 31.5 Å². The molecule has 1 aliphatic heterocycles. The van der Waals surface area contributed by atoms with Crippen LogP contribution in [-0.2, 0) is 4.79 Å². The molecule has 2 heterocycles. The van der Waals surface area contributed by atoms with Gasteiger partial charge in [-0.2, -0.15) is 0 Å². The van der Waals surface area contributed by atoms with E-state index in [1.165, 1.54) is 0 Å². The van der Waals surface area contributed by atoms with E-state index in [1.807, 2.05) is 29.6 Å². The Kier molecular flexibility index (Phi) is 5.11. The lowest BCUT2D eigenvalue weighted by Gasteiger charge is -2.11. The maximum absolute atomic E-state index is 12.0. The van der Waals surface area contributed by atoms with Crippen molar-refractivity contribution in [2.45, 2.75) is 18.9 Å². The summed E-state index contributed by atoms with van der Waals surface area (Å²) in [5, 5.41) is 9.07.